The molecule has 0 aliphatic rings. The first-order chi connectivity index (χ1) is 8.06. The van der Waals surface area contributed by atoms with Gasteiger partial charge in [-0.15, -0.1) is 0 Å². The first kappa shape index (κ1) is 16.8. The Balaban J connectivity index is 3.04. The quantitative estimate of drug-likeness (QED) is 0.397. The van der Waals surface area contributed by atoms with Crippen molar-refractivity contribution in [1.82, 2.24) is 0 Å². The highest BCUT2D eigenvalue weighted by Crippen LogP contribution is 1.95. The zero-order valence-corrected chi connectivity index (χ0v) is 11.6. The lowest BCUT2D eigenvalue weighted by molar-refractivity contribution is 0.0446. The van der Waals surface area contributed by atoms with Crippen molar-refractivity contribution in [1.29, 1.82) is 0 Å². The molecule has 0 saturated heterocycles. The van der Waals surface area contributed by atoms with E-state index in [-0.39, 0.29) is 6.61 Å². The topological polar surface area (TPSA) is 61.8 Å². The Morgan fingerprint density at radius 3 is 1.88 bits per heavy atom. The highest BCUT2D eigenvalue weighted by atomic mass is 32.2. The van der Waals surface area contributed by atoms with E-state index in [1.807, 2.05) is 0 Å². The fourth-order valence-corrected chi connectivity index (χ4v) is 1.51. The molecule has 0 aromatic carbocycles. The van der Waals surface area contributed by atoms with Gasteiger partial charge in [0.05, 0.1) is 26.1 Å². The van der Waals surface area contributed by atoms with Crippen molar-refractivity contribution in [3.63, 3.8) is 0 Å². The fraction of sp³-hybridized carbons (Fsp3) is 1.00. The summed E-state index contributed by atoms with van der Waals surface area (Å²) in [6, 6.07) is 0. The van der Waals surface area contributed by atoms with Gasteiger partial charge in [-0.05, 0) is 19.3 Å². The summed E-state index contributed by atoms with van der Waals surface area (Å²) < 4.78 is 36.5. The molecule has 0 atom stereocenters. The monoisotopic (exact) mass is 268 g/mol. The largest absolute Gasteiger partial charge is 0.379 e. The summed E-state index contributed by atoms with van der Waals surface area (Å²) in [7, 11) is -3.30. The first-order valence-corrected chi connectivity index (χ1v) is 7.88. The average molecular weight is 268 g/mol. The van der Waals surface area contributed by atoms with Crippen LogP contribution in [0.2, 0.25) is 0 Å². The van der Waals surface area contributed by atoms with Crippen molar-refractivity contribution in [3.05, 3.63) is 0 Å². The molecule has 6 heteroatoms. The summed E-state index contributed by atoms with van der Waals surface area (Å²) in [5.74, 6) is 0. The molecule has 0 amide bonds. The van der Waals surface area contributed by atoms with Gasteiger partial charge >= 0.3 is 0 Å². The maximum absolute atomic E-state index is 10.6. The molecule has 17 heavy (non-hydrogen) atoms. The van der Waals surface area contributed by atoms with E-state index in [1.165, 1.54) is 0 Å². The number of rotatable bonds is 12. The van der Waals surface area contributed by atoms with Crippen molar-refractivity contribution in [2.24, 2.45) is 0 Å². The maximum atomic E-state index is 10.6. The van der Waals surface area contributed by atoms with Crippen LogP contribution in [0.1, 0.15) is 32.6 Å². The van der Waals surface area contributed by atoms with Crippen molar-refractivity contribution >= 4 is 10.1 Å². The molecule has 0 rings (SSSR count). The second-order valence-electron chi connectivity index (χ2n) is 3.81. The van der Waals surface area contributed by atoms with Crippen LogP contribution in [-0.2, 0) is 23.8 Å². The molecule has 0 aliphatic carbocycles. The normalized spacial score (nSPS) is 11.9. The minimum atomic E-state index is -3.30. The van der Waals surface area contributed by atoms with E-state index in [0.29, 0.717) is 26.2 Å². The van der Waals surface area contributed by atoms with Crippen LogP contribution in [0.4, 0.5) is 0 Å². The molecule has 0 N–H and O–H groups in total. The van der Waals surface area contributed by atoms with Crippen LogP contribution in [0.15, 0.2) is 0 Å². The zero-order valence-electron chi connectivity index (χ0n) is 10.8. The van der Waals surface area contributed by atoms with E-state index < -0.39 is 10.1 Å². The van der Waals surface area contributed by atoms with E-state index >= 15 is 0 Å². The van der Waals surface area contributed by atoms with Crippen LogP contribution in [0, 0.1) is 0 Å². The molecule has 0 aromatic rings. The number of hydrogen-bond acceptors (Lipinski definition) is 5. The number of hydrogen-bond donors (Lipinski definition) is 0. The Morgan fingerprint density at radius 1 is 0.824 bits per heavy atom. The summed E-state index contributed by atoms with van der Waals surface area (Å²) in [6.07, 6.45) is 4.76. The van der Waals surface area contributed by atoms with Gasteiger partial charge in [-0.25, -0.2) is 0 Å². The summed E-state index contributed by atoms with van der Waals surface area (Å²) in [6.45, 7) is 4.98. The van der Waals surface area contributed by atoms with Crippen molar-refractivity contribution in [2.75, 3.05) is 39.3 Å². The lowest BCUT2D eigenvalue weighted by Crippen LogP contribution is -2.08. The fourth-order valence-electron chi connectivity index (χ4n) is 1.08. The minimum absolute atomic E-state index is 0.231. The molecule has 104 valence electrons. The van der Waals surface area contributed by atoms with Crippen LogP contribution < -0.4 is 0 Å². The highest BCUT2D eigenvalue weighted by molar-refractivity contribution is 7.85. The minimum Gasteiger partial charge on any atom is -0.379 e. The Morgan fingerprint density at radius 2 is 1.35 bits per heavy atom. The molecule has 0 aromatic heterocycles. The van der Waals surface area contributed by atoms with Gasteiger partial charge in [-0.2, -0.15) is 8.42 Å². The lowest BCUT2D eigenvalue weighted by atomic mass is 10.3. The van der Waals surface area contributed by atoms with Gasteiger partial charge in [0.25, 0.3) is 10.1 Å². The smallest absolute Gasteiger partial charge is 0.264 e. The summed E-state index contributed by atoms with van der Waals surface area (Å²) >= 11 is 0. The van der Waals surface area contributed by atoms with Gasteiger partial charge in [0.15, 0.2) is 0 Å². The van der Waals surface area contributed by atoms with Crippen LogP contribution in [-0.4, -0.2) is 47.7 Å². The number of ether oxygens (including phenoxy) is 2. The van der Waals surface area contributed by atoms with Gasteiger partial charge in [-0.3, -0.25) is 4.18 Å². The van der Waals surface area contributed by atoms with Gasteiger partial charge < -0.3 is 9.47 Å². The molecule has 0 fully saturated rings. The van der Waals surface area contributed by atoms with Crippen LogP contribution >= 0.6 is 0 Å². The molecule has 0 bridgehead atoms. The Kier molecular flexibility index (Phi) is 10.8. The van der Waals surface area contributed by atoms with E-state index in [4.69, 9.17) is 9.47 Å². The number of unbranched alkanes of at least 4 members (excludes halogenated alkanes) is 2. The third kappa shape index (κ3) is 15.8. The maximum Gasteiger partial charge on any atom is 0.264 e. The first-order valence-electron chi connectivity index (χ1n) is 6.06. The molecule has 0 radical (unpaired) electrons. The average Bonchev–Trinajstić information content (AvgIpc) is 2.24. The molecule has 0 heterocycles. The van der Waals surface area contributed by atoms with Gasteiger partial charge in [-0.1, -0.05) is 13.3 Å². The summed E-state index contributed by atoms with van der Waals surface area (Å²) in [4.78, 5) is 0. The summed E-state index contributed by atoms with van der Waals surface area (Å²) in [5, 5.41) is 0. The molecule has 0 aliphatic heterocycles. The SMILES string of the molecule is CCCCOCCOCCCCOS(C)(=O)=O. The van der Waals surface area contributed by atoms with Crippen molar-refractivity contribution in [2.45, 2.75) is 32.6 Å². The standard InChI is InChI=1S/C11H24O5S/c1-3-4-7-14-10-11-15-8-5-6-9-16-17(2,12)13/h3-11H2,1-2H3. The molecule has 5 nitrogen and oxygen atoms in total. The summed E-state index contributed by atoms with van der Waals surface area (Å²) in [5.41, 5.74) is 0. The Labute approximate surface area is 105 Å². The van der Waals surface area contributed by atoms with Crippen LogP contribution in [0.25, 0.3) is 0 Å². The molecular formula is C11H24O5S. The van der Waals surface area contributed by atoms with Crippen molar-refractivity contribution in [3.8, 4) is 0 Å². The third-order valence-corrected chi connectivity index (χ3v) is 2.59. The molecular weight excluding hydrogens is 244 g/mol. The van der Waals surface area contributed by atoms with E-state index in [9.17, 15) is 8.42 Å². The Bertz CT molecular complexity index is 251. The van der Waals surface area contributed by atoms with Gasteiger partial charge in [0.1, 0.15) is 0 Å². The van der Waals surface area contributed by atoms with Gasteiger partial charge in [0.2, 0.25) is 0 Å². The van der Waals surface area contributed by atoms with Crippen LogP contribution in [0.5, 0.6) is 0 Å². The van der Waals surface area contributed by atoms with Gasteiger partial charge in [0, 0.05) is 13.2 Å². The van der Waals surface area contributed by atoms with Crippen LogP contribution in [0.3, 0.4) is 0 Å². The lowest BCUT2D eigenvalue weighted by Gasteiger charge is -2.05. The predicted molar refractivity (Wildman–Crippen MR) is 66.6 cm³/mol. The Hall–Kier alpha value is -0.170. The van der Waals surface area contributed by atoms with E-state index in [1.54, 1.807) is 0 Å². The second kappa shape index (κ2) is 11.0. The molecule has 0 spiro atoms. The molecule has 0 unspecified atom stereocenters. The highest BCUT2D eigenvalue weighted by Gasteiger charge is 2.00. The zero-order chi connectivity index (χ0) is 13.0. The predicted octanol–water partition coefficient (Wildman–Crippen LogP) is 1.58. The second-order valence-corrected chi connectivity index (χ2v) is 5.46. The molecule has 0 saturated carbocycles. The van der Waals surface area contributed by atoms with E-state index in [2.05, 4.69) is 11.1 Å². The van der Waals surface area contributed by atoms with E-state index in [0.717, 1.165) is 32.1 Å². The third-order valence-electron chi connectivity index (χ3n) is 1.99. The van der Waals surface area contributed by atoms with Crippen molar-refractivity contribution < 1.29 is 22.1 Å².